The van der Waals surface area contributed by atoms with E-state index in [1.54, 1.807) is 13.8 Å². The van der Waals surface area contributed by atoms with Gasteiger partial charge in [0.05, 0.1) is 10.9 Å². The van der Waals surface area contributed by atoms with E-state index < -0.39 is 40.5 Å². The summed E-state index contributed by atoms with van der Waals surface area (Å²) in [6.07, 6.45) is 0. The number of hydrogen-bond acceptors (Lipinski definition) is 7. The second-order valence-electron chi connectivity index (χ2n) is 7.96. The first-order valence-corrected chi connectivity index (χ1v) is 12.1. The summed E-state index contributed by atoms with van der Waals surface area (Å²) in [5.74, 6) is -0.978. The van der Waals surface area contributed by atoms with Gasteiger partial charge in [-0.1, -0.05) is 44.2 Å². The summed E-state index contributed by atoms with van der Waals surface area (Å²) in [4.78, 5) is 24.8. The van der Waals surface area contributed by atoms with Crippen molar-refractivity contribution in [2.24, 2.45) is 5.92 Å². The Labute approximate surface area is 193 Å². The van der Waals surface area contributed by atoms with Gasteiger partial charge < -0.3 is 19.5 Å². The third-order valence-corrected chi connectivity index (χ3v) is 6.49. The average Bonchev–Trinajstić information content (AvgIpc) is 2.81. The van der Waals surface area contributed by atoms with E-state index >= 15 is 0 Å². The number of hydrogen-bond donors (Lipinski definition) is 2. The molecular formula is C23H28N2O7S. The highest BCUT2D eigenvalue weighted by atomic mass is 32.2. The molecule has 0 aromatic heterocycles. The topological polar surface area (TPSA) is 120 Å². The Hall–Kier alpha value is -3.11. The van der Waals surface area contributed by atoms with Gasteiger partial charge in [-0.15, -0.1) is 0 Å². The van der Waals surface area contributed by atoms with Crippen molar-refractivity contribution in [1.29, 1.82) is 0 Å². The van der Waals surface area contributed by atoms with E-state index in [1.165, 1.54) is 18.2 Å². The SMILES string of the molecule is CC(C)[C@@H](NS(=O)(=O)c1ccc2c(c1)OCCO2)C(=O)OCC(=O)N[C@@H](C)c1ccccc1. The molecule has 1 heterocycles. The normalized spacial score (nSPS) is 14.9. The third-order valence-electron chi connectivity index (χ3n) is 5.05. The summed E-state index contributed by atoms with van der Waals surface area (Å²) in [7, 11) is -4.06. The van der Waals surface area contributed by atoms with Crippen LogP contribution in [0.25, 0.3) is 0 Å². The highest BCUT2D eigenvalue weighted by Crippen LogP contribution is 2.32. The molecule has 33 heavy (non-hydrogen) atoms. The van der Waals surface area contributed by atoms with Gasteiger partial charge in [0.1, 0.15) is 19.3 Å². The molecule has 1 amide bonds. The van der Waals surface area contributed by atoms with Crippen molar-refractivity contribution < 1.29 is 32.2 Å². The molecule has 2 aromatic rings. The summed E-state index contributed by atoms with van der Waals surface area (Å²) in [6, 6.07) is 12.1. The van der Waals surface area contributed by atoms with Crippen LogP contribution in [0.5, 0.6) is 11.5 Å². The molecule has 0 aliphatic carbocycles. The Kier molecular flexibility index (Phi) is 7.93. The summed E-state index contributed by atoms with van der Waals surface area (Å²) in [5, 5.41) is 2.74. The van der Waals surface area contributed by atoms with Crippen LogP contribution in [-0.2, 0) is 24.3 Å². The van der Waals surface area contributed by atoms with Crippen LogP contribution >= 0.6 is 0 Å². The lowest BCUT2D eigenvalue weighted by Gasteiger charge is -2.22. The molecule has 0 radical (unpaired) electrons. The van der Waals surface area contributed by atoms with Gasteiger partial charge in [-0.25, -0.2) is 8.42 Å². The quantitative estimate of drug-likeness (QED) is 0.532. The summed E-state index contributed by atoms with van der Waals surface area (Å²) in [6.45, 7) is 5.34. The minimum atomic E-state index is -4.06. The zero-order chi connectivity index (χ0) is 24.0. The van der Waals surface area contributed by atoms with E-state index in [-0.39, 0.29) is 10.9 Å². The maximum atomic E-state index is 12.9. The molecule has 2 aromatic carbocycles. The van der Waals surface area contributed by atoms with Crippen molar-refractivity contribution in [1.82, 2.24) is 10.0 Å². The summed E-state index contributed by atoms with van der Waals surface area (Å²) < 4.78 is 44.1. The van der Waals surface area contributed by atoms with Crippen molar-refractivity contribution in [2.75, 3.05) is 19.8 Å². The average molecular weight is 477 g/mol. The molecule has 178 valence electrons. The van der Waals surface area contributed by atoms with E-state index in [0.717, 1.165) is 5.56 Å². The summed E-state index contributed by atoms with van der Waals surface area (Å²) >= 11 is 0. The first kappa shape index (κ1) is 24.5. The van der Waals surface area contributed by atoms with Crippen LogP contribution in [0.4, 0.5) is 0 Å². The van der Waals surface area contributed by atoms with Crippen LogP contribution in [-0.4, -0.2) is 46.2 Å². The largest absolute Gasteiger partial charge is 0.486 e. The number of ether oxygens (including phenoxy) is 3. The molecule has 1 aliphatic rings. The minimum absolute atomic E-state index is 0.0698. The molecule has 0 fully saturated rings. The lowest BCUT2D eigenvalue weighted by molar-refractivity contribution is -0.151. The summed E-state index contributed by atoms with van der Waals surface area (Å²) in [5.41, 5.74) is 0.907. The molecule has 0 bridgehead atoms. The highest BCUT2D eigenvalue weighted by Gasteiger charge is 2.31. The van der Waals surface area contributed by atoms with E-state index in [4.69, 9.17) is 14.2 Å². The fraction of sp³-hybridized carbons (Fsp3) is 0.391. The third kappa shape index (κ3) is 6.45. The number of nitrogens with one attached hydrogen (secondary N) is 2. The predicted octanol–water partition coefficient (Wildman–Crippen LogP) is 2.18. The number of amides is 1. The maximum Gasteiger partial charge on any atom is 0.324 e. The Morgan fingerprint density at radius 2 is 1.67 bits per heavy atom. The molecule has 1 aliphatic heterocycles. The lowest BCUT2D eigenvalue weighted by atomic mass is 10.1. The fourth-order valence-electron chi connectivity index (χ4n) is 3.22. The molecule has 9 nitrogen and oxygen atoms in total. The van der Waals surface area contributed by atoms with Crippen LogP contribution in [0.15, 0.2) is 53.4 Å². The molecule has 10 heteroatoms. The standard InChI is InChI=1S/C23H28N2O7S/c1-15(2)22(23(27)32-14-21(26)24-16(3)17-7-5-4-6-8-17)25-33(28,29)18-9-10-19-20(13-18)31-12-11-30-19/h4-10,13,15-16,22,25H,11-12,14H2,1-3H3,(H,24,26)/t16-,22+/m0/s1. The number of rotatable bonds is 9. The number of carbonyl (C=O) groups is 2. The molecule has 0 spiro atoms. The maximum absolute atomic E-state index is 12.9. The Morgan fingerprint density at radius 3 is 2.33 bits per heavy atom. The number of esters is 1. The van der Waals surface area contributed by atoms with Gasteiger partial charge in [-0.2, -0.15) is 4.72 Å². The molecule has 3 rings (SSSR count). The number of sulfonamides is 1. The molecule has 0 saturated carbocycles. The number of carbonyl (C=O) groups excluding carboxylic acids is 2. The predicted molar refractivity (Wildman–Crippen MR) is 120 cm³/mol. The van der Waals surface area contributed by atoms with Gasteiger partial charge in [-0.05, 0) is 30.5 Å². The smallest absolute Gasteiger partial charge is 0.324 e. The van der Waals surface area contributed by atoms with Crippen molar-refractivity contribution in [3.05, 3.63) is 54.1 Å². The van der Waals surface area contributed by atoms with Gasteiger partial charge >= 0.3 is 5.97 Å². The number of benzene rings is 2. The molecular weight excluding hydrogens is 448 g/mol. The molecule has 2 atom stereocenters. The Morgan fingerprint density at radius 1 is 1.00 bits per heavy atom. The van der Waals surface area contributed by atoms with Gasteiger partial charge in [0.2, 0.25) is 10.0 Å². The van der Waals surface area contributed by atoms with Crippen molar-refractivity contribution >= 4 is 21.9 Å². The van der Waals surface area contributed by atoms with E-state index in [0.29, 0.717) is 24.7 Å². The zero-order valence-corrected chi connectivity index (χ0v) is 19.6. The zero-order valence-electron chi connectivity index (χ0n) is 18.7. The second kappa shape index (κ2) is 10.7. The van der Waals surface area contributed by atoms with E-state index in [2.05, 4.69) is 10.0 Å². The first-order valence-electron chi connectivity index (χ1n) is 10.6. The van der Waals surface area contributed by atoms with Crippen LogP contribution < -0.4 is 19.5 Å². The monoisotopic (exact) mass is 476 g/mol. The Balaban J connectivity index is 1.61. The van der Waals surface area contributed by atoms with Crippen molar-refractivity contribution in [3.63, 3.8) is 0 Å². The van der Waals surface area contributed by atoms with Gasteiger partial charge in [0.15, 0.2) is 18.1 Å². The second-order valence-corrected chi connectivity index (χ2v) is 9.67. The molecule has 2 N–H and O–H groups in total. The van der Waals surface area contributed by atoms with Crippen LogP contribution in [0.2, 0.25) is 0 Å². The van der Waals surface area contributed by atoms with E-state index in [1.807, 2.05) is 37.3 Å². The molecule has 0 saturated heterocycles. The van der Waals surface area contributed by atoms with E-state index in [9.17, 15) is 18.0 Å². The fourth-order valence-corrected chi connectivity index (χ4v) is 4.57. The molecule has 0 unspecified atom stereocenters. The van der Waals surface area contributed by atoms with Crippen molar-refractivity contribution in [2.45, 2.75) is 37.8 Å². The lowest BCUT2D eigenvalue weighted by Crippen LogP contribution is -2.46. The van der Waals surface area contributed by atoms with Crippen LogP contribution in [0.3, 0.4) is 0 Å². The van der Waals surface area contributed by atoms with Crippen LogP contribution in [0, 0.1) is 5.92 Å². The minimum Gasteiger partial charge on any atom is -0.486 e. The Bertz CT molecular complexity index is 1090. The van der Waals surface area contributed by atoms with Crippen LogP contribution in [0.1, 0.15) is 32.4 Å². The van der Waals surface area contributed by atoms with Gasteiger partial charge in [0.25, 0.3) is 5.91 Å². The van der Waals surface area contributed by atoms with Gasteiger partial charge in [0, 0.05) is 6.07 Å². The van der Waals surface area contributed by atoms with Gasteiger partial charge in [-0.3, -0.25) is 9.59 Å². The first-order chi connectivity index (χ1) is 15.7. The number of fused-ring (bicyclic) bond motifs is 1. The highest BCUT2D eigenvalue weighted by molar-refractivity contribution is 7.89. The van der Waals surface area contributed by atoms with Crippen molar-refractivity contribution in [3.8, 4) is 11.5 Å².